The predicted molar refractivity (Wildman–Crippen MR) is 79.3 cm³/mol. The summed E-state index contributed by atoms with van der Waals surface area (Å²) < 4.78 is 17.6. The van der Waals surface area contributed by atoms with E-state index in [1.807, 2.05) is 20.8 Å². The molecule has 0 fully saturated rings. The number of nitrogens with zero attached hydrogens (tertiary/aromatic N) is 1. The normalized spacial score (nSPS) is 11.5. The van der Waals surface area contributed by atoms with E-state index in [0.29, 0.717) is 17.7 Å². The molecule has 3 nitrogen and oxygen atoms in total. The summed E-state index contributed by atoms with van der Waals surface area (Å²) in [5.74, 6) is -0.715. The lowest BCUT2D eigenvalue weighted by atomic mass is 10.0. The number of carbonyl (C=O) groups is 1. The Morgan fingerprint density at radius 2 is 2.10 bits per heavy atom. The molecule has 0 aliphatic heterocycles. The van der Waals surface area contributed by atoms with Gasteiger partial charge in [-0.25, -0.2) is 9.18 Å². The number of halogens is 1. The lowest BCUT2D eigenvalue weighted by Crippen LogP contribution is -2.08. The first kappa shape index (κ1) is 18.0. The molecule has 0 saturated heterocycles. The minimum atomic E-state index is -0.436. The van der Waals surface area contributed by atoms with Gasteiger partial charge < -0.3 is 4.74 Å². The van der Waals surface area contributed by atoms with E-state index in [4.69, 9.17) is 0 Å². The van der Waals surface area contributed by atoms with Crippen molar-refractivity contribution in [3.05, 3.63) is 53.1 Å². The predicted octanol–water partition coefficient (Wildman–Crippen LogP) is 4.26. The molecule has 4 heteroatoms. The summed E-state index contributed by atoms with van der Waals surface area (Å²) in [5, 5.41) is 0. The summed E-state index contributed by atoms with van der Waals surface area (Å²) in [4.78, 5) is 15.7. The van der Waals surface area contributed by atoms with Crippen molar-refractivity contribution < 1.29 is 13.9 Å². The molecule has 0 unspecified atom stereocenters. The van der Waals surface area contributed by atoms with Crippen LogP contribution in [0.2, 0.25) is 0 Å². The van der Waals surface area contributed by atoms with Crippen LogP contribution in [0.25, 0.3) is 0 Å². The van der Waals surface area contributed by atoms with Crippen LogP contribution in [0.1, 0.15) is 43.7 Å². The van der Waals surface area contributed by atoms with E-state index < -0.39 is 5.97 Å². The standard InChI is InChI=1S/C14H16FNO2.C2H6/c1-4-11(8-10(2)15)9-13-12(14(17)18-3)6-5-7-16-13;1-2/h4-8H,9H2,1-3H3;1-2H3/b10-8+,11-4+;. The number of carbonyl (C=O) groups excluding carboxylic acids is 1. The molecule has 0 atom stereocenters. The number of allylic oxidation sites excluding steroid dienone is 4. The molecule has 0 N–H and O–H groups in total. The highest BCUT2D eigenvalue weighted by Gasteiger charge is 2.12. The van der Waals surface area contributed by atoms with E-state index in [1.165, 1.54) is 20.1 Å². The van der Waals surface area contributed by atoms with Crippen LogP contribution >= 0.6 is 0 Å². The Morgan fingerprint density at radius 3 is 2.60 bits per heavy atom. The van der Waals surface area contributed by atoms with Crippen molar-refractivity contribution in [3.8, 4) is 0 Å². The van der Waals surface area contributed by atoms with E-state index in [0.717, 1.165) is 5.57 Å². The number of rotatable bonds is 4. The molecule has 0 bridgehead atoms. The first-order chi connectivity index (χ1) is 9.58. The number of ether oxygens (including phenoxy) is 1. The molecule has 0 spiro atoms. The van der Waals surface area contributed by atoms with E-state index in [9.17, 15) is 9.18 Å². The minimum absolute atomic E-state index is 0.279. The van der Waals surface area contributed by atoms with Crippen molar-refractivity contribution >= 4 is 5.97 Å². The van der Waals surface area contributed by atoms with Crippen molar-refractivity contribution in [3.63, 3.8) is 0 Å². The fraction of sp³-hybridized carbons (Fsp3) is 0.375. The molecule has 0 radical (unpaired) electrons. The average molecular weight is 279 g/mol. The first-order valence-electron chi connectivity index (χ1n) is 6.59. The largest absolute Gasteiger partial charge is 0.465 e. The Morgan fingerprint density at radius 1 is 1.45 bits per heavy atom. The summed E-state index contributed by atoms with van der Waals surface area (Å²) >= 11 is 0. The van der Waals surface area contributed by atoms with Crippen LogP contribution in [0.5, 0.6) is 0 Å². The van der Waals surface area contributed by atoms with Crippen molar-refractivity contribution in [2.45, 2.75) is 34.1 Å². The Balaban J connectivity index is 0.00000172. The molecule has 0 saturated carbocycles. The van der Waals surface area contributed by atoms with E-state index in [1.54, 1.807) is 24.4 Å². The van der Waals surface area contributed by atoms with Crippen LogP contribution in [-0.2, 0) is 11.2 Å². The Bertz CT molecular complexity index is 489. The van der Waals surface area contributed by atoms with Crippen molar-refractivity contribution in [2.24, 2.45) is 0 Å². The Kier molecular flexibility index (Phi) is 8.92. The zero-order chi connectivity index (χ0) is 15.5. The minimum Gasteiger partial charge on any atom is -0.465 e. The zero-order valence-corrected chi connectivity index (χ0v) is 12.7. The maximum absolute atomic E-state index is 12.9. The van der Waals surface area contributed by atoms with Crippen LogP contribution in [0.15, 0.2) is 41.9 Å². The van der Waals surface area contributed by atoms with Crippen molar-refractivity contribution in [2.75, 3.05) is 7.11 Å². The molecule has 0 amide bonds. The van der Waals surface area contributed by atoms with Crippen LogP contribution < -0.4 is 0 Å². The third-order valence-corrected chi connectivity index (χ3v) is 2.42. The summed E-state index contributed by atoms with van der Waals surface area (Å²) in [6.07, 6.45) is 5.21. The van der Waals surface area contributed by atoms with Gasteiger partial charge in [0.2, 0.25) is 0 Å². The molecule has 1 rings (SSSR count). The van der Waals surface area contributed by atoms with Gasteiger partial charge >= 0.3 is 5.97 Å². The van der Waals surface area contributed by atoms with Gasteiger partial charge in [-0.3, -0.25) is 4.98 Å². The molecule has 1 heterocycles. The molecule has 110 valence electrons. The molecule has 0 aliphatic rings. The summed E-state index contributed by atoms with van der Waals surface area (Å²) in [5.41, 5.74) is 1.75. The molecule has 0 aliphatic carbocycles. The van der Waals surface area contributed by atoms with Crippen LogP contribution in [0, 0.1) is 0 Å². The lowest BCUT2D eigenvalue weighted by molar-refractivity contribution is 0.0599. The van der Waals surface area contributed by atoms with Crippen LogP contribution in [-0.4, -0.2) is 18.1 Å². The molecular weight excluding hydrogens is 257 g/mol. The third-order valence-electron chi connectivity index (χ3n) is 2.42. The van der Waals surface area contributed by atoms with Gasteiger partial charge in [0.05, 0.1) is 24.2 Å². The molecule has 0 aromatic carbocycles. The average Bonchev–Trinajstić information content (AvgIpc) is 2.48. The number of hydrogen-bond donors (Lipinski definition) is 0. The maximum Gasteiger partial charge on any atom is 0.339 e. The molecular formula is C16H22FNO2. The van der Waals surface area contributed by atoms with Crippen LogP contribution in [0.3, 0.4) is 0 Å². The molecule has 1 aromatic rings. The van der Waals surface area contributed by atoms with Gasteiger partial charge in [0, 0.05) is 12.6 Å². The van der Waals surface area contributed by atoms with Crippen molar-refractivity contribution in [1.82, 2.24) is 4.98 Å². The lowest BCUT2D eigenvalue weighted by Gasteiger charge is -2.07. The van der Waals surface area contributed by atoms with E-state index >= 15 is 0 Å². The topological polar surface area (TPSA) is 39.2 Å². The highest BCUT2D eigenvalue weighted by atomic mass is 19.1. The molecule has 1 aromatic heterocycles. The van der Waals surface area contributed by atoms with Crippen LogP contribution in [0.4, 0.5) is 4.39 Å². The number of hydrogen-bond acceptors (Lipinski definition) is 3. The number of esters is 1. The van der Waals surface area contributed by atoms with Gasteiger partial charge in [-0.05, 0) is 37.6 Å². The highest BCUT2D eigenvalue weighted by Crippen LogP contribution is 2.14. The van der Waals surface area contributed by atoms with Gasteiger partial charge in [0.1, 0.15) is 0 Å². The van der Waals surface area contributed by atoms with Gasteiger partial charge in [-0.1, -0.05) is 19.9 Å². The fourth-order valence-electron chi connectivity index (χ4n) is 1.56. The van der Waals surface area contributed by atoms with Crippen molar-refractivity contribution in [1.29, 1.82) is 0 Å². The SMILES string of the molecule is C/C=C(\C=C(/C)F)Cc1ncccc1C(=O)OC.CC. The van der Waals surface area contributed by atoms with Gasteiger partial charge in [-0.15, -0.1) is 0 Å². The number of methoxy groups -OCH3 is 1. The molecule has 20 heavy (non-hydrogen) atoms. The number of pyridine rings is 1. The zero-order valence-electron chi connectivity index (χ0n) is 12.7. The second kappa shape index (κ2) is 9.89. The van der Waals surface area contributed by atoms with Gasteiger partial charge in [0.15, 0.2) is 0 Å². The number of aromatic nitrogens is 1. The van der Waals surface area contributed by atoms with Gasteiger partial charge in [0.25, 0.3) is 0 Å². The Labute approximate surface area is 120 Å². The fourth-order valence-corrected chi connectivity index (χ4v) is 1.56. The van der Waals surface area contributed by atoms with E-state index in [2.05, 4.69) is 9.72 Å². The van der Waals surface area contributed by atoms with Gasteiger partial charge in [-0.2, -0.15) is 0 Å². The second-order valence-electron chi connectivity index (χ2n) is 3.76. The monoisotopic (exact) mass is 279 g/mol. The third kappa shape index (κ3) is 5.78. The summed E-state index contributed by atoms with van der Waals surface area (Å²) in [7, 11) is 1.32. The first-order valence-corrected chi connectivity index (χ1v) is 6.59. The summed E-state index contributed by atoms with van der Waals surface area (Å²) in [6, 6.07) is 3.31. The summed E-state index contributed by atoms with van der Waals surface area (Å²) in [6.45, 7) is 7.19. The quantitative estimate of drug-likeness (QED) is 0.610. The van der Waals surface area contributed by atoms with E-state index in [-0.39, 0.29) is 5.83 Å². The smallest absolute Gasteiger partial charge is 0.339 e. The Hall–Kier alpha value is -1.97. The highest BCUT2D eigenvalue weighted by molar-refractivity contribution is 5.90. The second-order valence-corrected chi connectivity index (χ2v) is 3.76. The maximum atomic E-state index is 12.9.